The van der Waals surface area contributed by atoms with Crippen LogP contribution in [0.5, 0.6) is 5.75 Å². The number of thiophene rings is 1. The summed E-state index contributed by atoms with van der Waals surface area (Å²) in [5.74, 6) is 1.47. The highest BCUT2D eigenvalue weighted by atomic mass is 32.1. The first-order valence-corrected chi connectivity index (χ1v) is 11.9. The third-order valence-corrected chi connectivity index (χ3v) is 7.42. The van der Waals surface area contributed by atoms with Crippen LogP contribution in [0, 0.1) is 5.92 Å². The van der Waals surface area contributed by atoms with Crippen molar-refractivity contribution >= 4 is 55.6 Å². The minimum absolute atomic E-state index is 0.0363. The van der Waals surface area contributed by atoms with E-state index in [1.54, 1.807) is 31.0 Å². The lowest BCUT2D eigenvalue weighted by Crippen LogP contribution is -2.27. The first-order valence-electron chi connectivity index (χ1n) is 11.1. The second kappa shape index (κ2) is 8.42. The summed E-state index contributed by atoms with van der Waals surface area (Å²) >= 11 is 1.66. The average molecular weight is 471 g/mol. The molecule has 3 heterocycles. The predicted octanol–water partition coefficient (Wildman–Crippen LogP) is 5.06. The van der Waals surface area contributed by atoms with Gasteiger partial charge in [0.2, 0.25) is 5.91 Å². The van der Waals surface area contributed by atoms with Gasteiger partial charge in [-0.2, -0.15) is 5.10 Å². The number of ether oxygens (including phenoxy) is 1. The summed E-state index contributed by atoms with van der Waals surface area (Å²) in [6.07, 6.45) is 5.69. The Morgan fingerprint density at radius 3 is 3.03 bits per heavy atom. The summed E-state index contributed by atoms with van der Waals surface area (Å²) in [4.78, 5) is 24.2. The van der Waals surface area contributed by atoms with Gasteiger partial charge in [0.25, 0.3) is 0 Å². The Kier molecular flexibility index (Phi) is 5.10. The number of aromatic amines is 1. The summed E-state index contributed by atoms with van der Waals surface area (Å²) < 4.78 is 5.26. The maximum absolute atomic E-state index is 13.0. The van der Waals surface area contributed by atoms with Gasteiger partial charge in [0.1, 0.15) is 22.7 Å². The number of hydrogen-bond donors (Lipinski definition) is 3. The lowest BCUT2D eigenvalue weighted by molar-refractivity contribution is -0.120. The minimum Gasteiger partial charge on any atom is -0.497 e. The number of fused-ring (bicyclic) bond motifs is 4. The molecule has 2 aromatic carbocycles. The summed E-state index contributed by atoms with van der Waals surface area (Å²) in [5.41, 5.74) is 3.93. The molecule has 0 aliphatic heterocycles. The maximum Gasteiger partial charge on any atom is 0.227 e. The molecule has 5 aromatic rings. The number of amides is 1. The molecule has 1 amide bonds. The second-order valence-electron chi connectivity index (χ2n) is 8.36. The second-order valence-corrected chi connectivity index (χ2v) is 9.45. The van der Waals surface area contributed by atoms with Crippen LogP contribution in [-0.2, 0) is 17.6 Å². The average Bonchev–Trinajstić information content (AvgIpc) is 3.48. The fraction of sp³-hybridized carbons (Fsp3) is 0.200. The van der Waals surface area contributed by atoms with Crippen molar-refractivity contribution in [3.05, 3.63) is 65.4 Å². The Labute approximate surface area is 199 Å². The van der Waals surface area contributed by atoms with E-state index in [1.165, 1.54) is 10.4 Å². The van der Waals surface area contributed by atoms with Gasteiger partial charge in [0.15, 0.2) is 0 Å². The van der Waals surface area contributed by atoms with Gasteiger partial charge in [-0.3, -0.25) is 9.89 Å². The van der Waals surface area contributed by atoms with Crippen molar-refractivity contribution in [1.29, 1.82) is 0 Å². The zero-order chi connectivity index (χ0) is 23.1. The van der Waals surface area contributed by atoms with E-state index in [9.17, 15) is 4.79 Å². The number of methoxy groups -OCH3 is 1. The predicted molar refractivity (Wildman–Crippen MR) is 134 cm³/mol. The standard InChI is InChI=1S/C25H22N6O2S/c1-33-18-4-2-3-16(11-18)30-24(32)14-5-7-19-21(10-14)34-25-22(19)23(26-13-27-25)29-17-6-8-20-15(9-17)12-28-31-20/h2-4,6,8-9,11-14H,5,7,10H2,1H3,(H,28,31)(H,30,32)(H,26,27,29). The van der Waals surface area contributed by atoms with Crippen molar-refractivity contribution in [2.24, 2.45) is 5.92 Å². The molecule has 1 aliphatic carbocycles. The molecule has 1 atom stereocenters. The summed E-state index contributed by atoms with van der Waals surface area (Å²) in [6, 6.07) is 13.5. The van der Waals surface area contributed by atoms with Crippen LogP contribution >= 0.6 is 11.3 Å². The number of carbonyl (C=O) groups is 1. The number of aromatic nitrogens is 4. The van der Waals surface area contributed by atoms with Crippen molar-refractivity contribution < 1.29 is 9.53 Å². The van der Waals surface area contributed by atoms with E-state index in [4.69, 9.17) is 4.74 Å². The molecule has 9 heteroatoms. The Morgan fingerprint density at radius 2 is 2.12 bits per heavy atom. The molecule has 1 aliphatic rings. The van der Waals surface area contributed by atoms with Crippen LogP contribution < -0.4 is 15.4 Å². The van der Waals surface area contributed by atoms with Gasteiger partial charge in [0.05, 0.1) is 24.2 Å². The molecule has 0 radical (unpaired) electrons. The number of aryl methyl sites for hydroxylation is 1. The first-order chi connectivity index (χ1) is 16.7. The van der Waals surface area contributed by atoms with E-state index >= 15 is 0 Å². The molecule has 0 bridgehead atoms. The molecule has 0 fully saturated rings. The van der Waals surface area contributed by atoms with Gasteiger partial charge in [-0.15, -0.1) is 11.3 Å². The highest BCUT2D eigenvalue weighted by Gasteiger charge is 2.29. The van der Waals surface area contributed by atoms with Crippen molar-refractivity contribution in [2.45, 2.75) is 19.3 Å². The Balaban J connectivity index is 1.25. The monoisotopic (exact) mass is 470 g/mol. The first kappa shape index (κ1) is 20.6. The van der Waals surface area contributed by atoms with Crippen LogP contribution in [0.4, 0.5) is 17.2 Å². The molecule has 8 nitrogen and oxygen atoms in total. The van der Waals surface area contributed by atoms with Gasteiger partial charge in [-0.05, 0) is 55.2 Å². The third kappa shape index (κ3) is 3.73. The smallest absolute Gasteiger partial charge is 0.227 e. The van der Waals surface area contributed by atoms with Crippen LogP contribution in [0.15, 0.2) is 55.0 Å². The maximum atomic E-state index is 13.0. The number of nitrogens with zero attached hydrogens (tertiary/aromatic N) is 3. The van der Waals surface area contributed by atoms with Crippen LogP contribution in [0.3, 0.4) is 0 Å². The zero-order valence-corrected chi connectivity index (χ0v) is 19.3. The van der Waals surface area contributed by atoms with Crippen molar-refractivity contribution in [2.75, 3.05) is 17.7 Å². The summed E-state index contributed by atoms with van der Waals surface area (Å²) in [5, 5.41) is 15.7. The van der Waals surface area contributed by atoms with Crippen LogP contribution in [-0.4, -0.2) is 33.2 Å². The molecular formula is C25H22N6O2S. The lowest BCUT2D eigenvalue weighted by atomic mass is 9.87. The number of carbonyl (C=O) groups excluding carboxylic acids is 1. The Hall–Kier alpha value is -3.98. The van der Waals surface area contributed by atoms with Crippen LogP contribution in [0.1, 0.15) is 16.9 Å². The number of rotatable bonds is 5. The topological polar surface area (TPSA) is 105 Å². The molecule has 34 heavy (non-hydrogen) atoms. The van der Waals surface area contributed by atoms with E-state index in [1.807, 2.05) is 42.5 Å². The molecule has 170 valence electrons. The third-order valence-electron chi connectivity index (χ3n) is 6.26. The van der Waals surface area contributed by atoms with Gasteiger partial charge in [-0.1, -0.05) is 6.07 Å². The van der Waals surface area contributed by atoms with E-state index in [0.29, 0.717) is 6.42 Å². The highest BCUT2D eigenvalue weighted by Crippen LogP contribution is 2.40. The van der Waals surface area contributed by atoms with E-state index in [-0.39, 0.29) is 11.8 Å². The molecule has 0 spiro atoms. The zero-order valence-electron chi connectivity index (χ0n) is 18.5. The molecule has 0 saturated carbocycles. The number of H-pyrrole nitrogens is 1. The van der Waals surface area contributed by atoms with E-state index < -0.39 is 0 Å². The number of benzene rings is 2. The van der Waals surface area contributed by atoms with E-state index in [0.717, 1.165) is 56.9 Å². The Morgan fingerprint density at radius 1 is 1.18 bits per heavy atom. The molecule has 0 saturated heterocycles. The van der Waals surface area contributed by atoms with Gasteiger partial charge >= 0.3 is 0 Å². The highest BCUT2D eigenvalue weighted by molar-refractivity contribution is 7.19. The lowest BCUT2D eigenvalue weighted by Gasteiger charge is -2.22. The molecule has 6 rings (SSSR count). The quantitative estimate of drug-likeness (QED) is 0.332. The SMILES string of the molecule is COc1cccc(NC(=O)C2CCc3c(sc4ncnc(Nc5ccc6[nH]ncc6c5)c34)C2)c1. The summed E-state index contributed by atoms with van der Waals surface area (Å²) in [6.45, 7) is 0. The van der Waals surface area contributed by atoms with Crippen molar-refractivity contribution in [3.8, 4) is 5.75 Å². The number of anilines is 3. The van der Waals surface area contributed by atoms with Crippen LogP contribution in [0.25, 0.3) is 21.1 Å². The molecule has 1 unspecified atom stereocenters. The van der Waals surface area contributed by atoms with Crippen LogP contribution in [0.2, 0.25) is 0 Å². The minimum atomic E-state index is -0.0837. The fourth-order valence-electron chi connectivity index (χ4n) is 4.53. The van der Waals surface area contributed by atoms with E-state index in [2.05, 4.69) is 30.8 Å². The fourth-order valence-corrected chi connectivity index (χ4v) is 5.80. The summed E-state index contributed by atoms with van der Waals surface area (Å²) in [7, 11) is 1.62. The van der Waals surface area contributed by atoms with Crippen molar-refractivity contribution in [1.82, 2.24) is 20.2 Å². The largest absolute Gasteiger partial charge is 0.497 e. The van der Waals surface area contributed by atoms with Crippen molar-refractivity contribution in [3.63, 3.8) is 0 Å². The van der Waals surface area contributed by atoms with Gasteiger partial charge < -0.3 is 15.4 Å². The normalized spacial score (nSPS) is 15.3. The molecule has 3 aromatic heterocycles. The van der Waals surface area contributed by atoms with Gasteiger partial charge in [-0.25, -0.2) is 9.97 Å². The molecular weight excluding hydrogens is 448 g/mol. The Bertz CT molecular complexity index is 1520. The van der Waals surface area contributed by atoms with Gasteiger partial charge in [0, 0.05) is 33.6 Å². The number of hydrogen-bond acceptors (Lipinski definition) is 7. The number of nitrogens with one attached hydrogen (secondary N) is 3. The molecule has 3 N–H and O–H groups in total.